The van der Waals surface area contributed by atoms with Gasteiger partial charge in [0.2, 0.25) is 5.60 Å². The van der Waals surface area contributed by atoms with Crippen molar-refractivity contribution in [3.63, 3.8) is 0 Å². The highest BCUT2D eigenvalue weighted by Gasteiger charge is 2.75. The van der Waals surface area contributed by atoms with Gasteiger partial charge in [0.05, 0.1) is 0 Å². The maximum atomic E-state index is 13.2. The van der Waals surface area contributed by atoms with Crippen LogP contribution in [-0.4, -0.2) is 49.7 Å². The molecule has 0 amide bonds. The van der Waals surface area contributed by atoms with Crippen LogP contribution in [0.5, 0.6) is 0 Å². The van der Waals surface area contributed by atoms with E-state index in [0.29, 0.717) is 11.1 Å². The molecule has 3 aromatic rings. The summed E-state index contributed by atoms with van der Waals surface area (Å²) in [6.07, 6.45) is -1.85. The van der Waals surface area contributed by atoms with Gasteiger partial charge >= 0.3 is 17.9 Å². The lowest BCUT2D eigenvalue weighted by molar-refractivity contribution is -0.220. The fraction of sp³-hybridized carbons (Fsp3) is 0.241. The first kappa shape index (κ1) is 27.3. The number of carboxylic acids is 3. The zero-order valence-electron chi connectivity index (χ0n) is 20.2. The molecule has 0 aliphatic heterocycles. The Bertz CT molecular complexity index is 1220. The minimum Gasteiger partial charge on any atom is -0.481 e. The number of carbonyl (C=O) groups is 4. The SMILES string of the molecule is CC(=O)C(Cc1ccccc1)(C(=O)O)C(O)(C(=O)O)C(Cc1ccccc1)(Cc1ccccc1)C(=O)O. The maximum absolute atomic E-state index is 13.2. The van der Waals surface area contributed by atoms with Crippen LogP contribution in [0.25, 0.3) is 0 Å². The molecule has 3 rings (SSSR count). The molecule has 3 aromatic carbocycles. The Kier molecular flexibility index (Phi) is 7.93. The summed E-state index contributed by atoms with van der Waals surface area (Å²) in [4.78, 5) is 52.5. The average Bonchev–Trinajstić information content (AvgIpc) is 2.87. The summed E-state index contributed by atoms with van der Waals surface area (Å²) in [6.45, 7) is 0.864. The fourth-order valence-electron chi connectivity index (χ4n) is 5.10. The van der Waals surface area contributed by atoms with Gasteiger partial charge in [0.1, 0.15) is 5.41 Å². The quantitative estimate of drug-likeness (QED) is 0.275. The monoisotopic (exact) mass is 504 g/mol. The van der Waals surface area contributed by atoms with E-state index in [4.69, 9.17) is 0 Å². The van der Waals surface area contributed by atoms with E-state index >= 15 is 0 Å². The predicted molar refractivity (Wildman–Crippen MR) is 134 cm³/mol. The molecule has 37 heavy (non-hydrogen) atoms. The molecule has 2 atom stereocenters. The average molecular weight is 505 g/mol. The van der Waals surface area contributed by atoms with Crippen LogP contribution in [0.2, 0.25) is 0 Å². The number of ketones is 1. The van der Waals surface area contributed by atoms with Crippen LogP contribution in [0.3, 0.4) is 0 Å². The van der Waals surface area contributed by atoms with Crippen molar-refractivity contribution in [2.24, 2.45) is 10.8 Å². The van der Waals surface area contributed by atoms with Crippen LogP contribution in [-0.2, 0) is 38.4 Å². The molecule has 0 aliphatic rings. The number of carbonyl (C=O) groups excluding carboxylic acids is 1. The van der Waals surface area contributed by atoms with Crippen molar-refractivity contribution >= 4 is 23.7 Å². The molecule has 0 spiro atoms. The summed E-state index contributed by atoms with van der Waals surface area (Å²) in [7, 11) is 0. The molecule has 0 radical (unpaired) electrons. The summed E-state index contributed by atoms with van der Waals surface area (Å²) >= 11 is 0. The second-order valence-electron chi connectivity index (χ2n) is 9.16. The van der Waals surface area contributed by atoms with E-state index in [-0.39, 0.29) is 5.56 Å². The second kappa shape index (κ2) is 10.8. The Hall–Kier alpha value is -4.30. The fourth-order valence-corrected chi connectivity index (χ4v) is 5.10. The number of carboxylic acid groups (broad SMARTS) is 3. The minimum absolute atomic E-state index is 0.249. The van der Waals surface area contributed by atoms with Gasteiger partial charge in [0, 0.05) is 0 Å². The van der Waals surface area contributed by atoms with Crippen molar-refractivity contribution in [2.45, 2.75) is 31.8 Å². The lowest BCUT2D eigenvalue weighted by Crippen LogP contribution is -2.73. The molecule has 0 saturated heterocycles. The molecule has 0 bridgehead atoms. The zero-order valence-corrected chi connectivity index (χ0v) is 20.2. The maximum Gasteiger partial charge on any atom is 0.338 e. The molecule has 0 aliphatic carbocycles. The summed E-state index contributed by atoms with van der Waals surface area (Å²) in [6, 6.07) is 23.8. The molecular formula is C29H28O8. The normalized spacial score (nSPS) is 14.6. The summed E-state index contributed by atoms with van der Waals surface area (Å²) < 4.78 is 0. The number of rotatable bonds is 12. The molecule has 0 fully saturated rings. The molecule has 0 saturated carbocycles. The highest BCUT2D eigenvalue weighted by atomic mass is 16.4. The minimum atomic E-state index is -3.58. The number of hydrogen-bond donors (Lipinski definition) is 4. The first-order valence-electron chi connectivity index (χ1n) is 11.6. The van der Waals surface area contributed by atoms with Crippen molar-refractivity contribution in [2.75, 3.05) is 0 Å². The molecular weight excluding hydrogens is 476 g/mol. The van der Waals surface area contributed by atoms with Gasteiger partial charge in [-0.05, 0) is 42.9 Å². The first-order chi connectivity index (χ1) is 17.5. The lowest BCUT2D eigenvalue weighted by Gasteiger charge is -2.49. The summed E-state index contributed by atoms with van der Waals surface area (Å²) in [5.41, 5.74) is -8.34. The molecule has 2 unspecified atom stereocenters. The summed E-state index contributed by atoms with van der Waals surface area (Å²) in [5.74, 6) is -6.97. The third-order valence-corrected chi connectivity index (χ3v) is 7.00. The third kappa shape index (κ3) is 4.75. The van der Waals surface area contributed by atoms with Crippen LogP contribution in [0.15, 0.2) is 91.0 Å². The van der Waals surface area contributed by atoms with E-state index < -0.39 is 59.4 Å². The van der Waals surface area contributed by atoms with Crippen LogP contribution >= 0.6 is 0 Å². The number of aliphatic hydroxyl groups is 1. The topological polar surface area (TPSA) is 149 Å². The molecule has 192 valence electrons. The Morgan fingerprint density at radius 2 is 0.919 bits per heavy atom. The largest absolute Gasteiger partial charge is 0.481 e. The van der Waals surface area contributed by atoms with Gasteiger partial charge in [-0.15, -0.1) is 0 Å². The van der Waals surface area contributed by atoms with E-state index in [2.05, 4.69) is 0 Å². The van der Waals surface area contributed by atoms with Crippen LogP contribution in [0, 0.1) is 10.8 Å². The van der Waals surface area contributed by atoms with Gasteiger partial charge in [-0.1, -0.05) is 91.0 Å². The van der Waals surface area contributed by atoms with E-state index in [0.717, 1.165) is 6.92 Å². The van der Waals surface area contributed by atoms with Crippen LogP contribution in [0.1, 0.15) is 23.6 Å². The molecule has 8 nitrogen and oxygen atoms in total. The van der Waals surface area contributed by atoms with Crippen molar-refractivity contribution in [1.82, 2.24) is 0 Å². The van der Waals surface area contributed by atoms with Gasteiger partial charge in [-0.2, -0.15) is 0 Å². The van der Waals surface area contributed by atoms with Crippen molar-refractivity contribution in [1.29, 1.82) is 0 Å². The standard InChI is InChI=1S/C29H28O8/c1-20(30)28(25(33)34,19-23-15-9-4-10-16-23)29(37,26(35)36)27(24(31)32,17-21-11-5-2-6-12-21)18-22-13-7-3-8-14-22/h2-16,37H,17-19H2,1H3,(H,31,32)(H,33,34)(H,35,36). The second-order valence-corrected chi connectivity index (χ2v) is 9.16. The molecule has 0 aromatic heterocycles. The summed E-state index contributed by atoms with van der Waals surface area (Å²) in [5, 5.41) is 44.0. The molecule has 4 N–H and O–H groups in total. The number of Topliss-reactive ketones (excluding diaryl/α,β-unsaturated/α-hetero) is 1. The Morgan fingerprint density at radius 3 is 1.19 bits per heavy atom. The van der Waals surface area contributed by atoms with Crippen molar-refractivity contribution in [3.8, 4) is 0 Å². The van der Waals surface area contributed by atoms with Gasteiger partial charge in [-0.3, -0.25) is 14.4 Å². The number of benzene rings is 3. The van der Waals surface area contributed by atoms with E-state index in [9.17, 15) is 39.6 Å². The van der Waals surface area contributed by atoms with Crippen LogP contribution in [0.4, 0.5) is 0 Å². The third-order valence-electron chi connectivity index (χ3n) is 7.00. The molecule has 8 heteroatoms. The van der Waals surface area contributed by atoms with Crippen molar-refractivity contribution < 1.29 is 39.6 Å². The van der Waals surface area contributed by atoms with E-state index in [1.807, 2.05) is 0 Å². The zero-order chi connectivity index (χ0) is 27.3. The van der Waals surface area contributed by atoms with Crippen molar-refractivity contribution in [3.05, 3.63) is 108 Å². The highest BCUT2D eigenvalue weighted by Crippen LogP contribution is 2.52. The first-order valence-corrected chi connectivity index (χ1v) is 11.6. The number of hydrogen-bond acceptors (Lipinski definition) is 5. The Labute approximate surface area is 213 Å². The van der Waals surface area contributed by atoms with E-state index in [1.54, 1.807) is 78.9 Å². The smallest absolute Gasteiger partial charge is 0.338 e. The van der Waals surface area contributed by atoms with Crippen LogP contribution < -0.4 is 0 Å². The molecule has 0 heterocycles. The van der Waals surface area contributed by atoms with Gasteiger partial charge in [-0.25, -0.2) is 4.79 Å². The predicted octanol–water partition coefficient (Wildman–Crippen LogP) is 3.26. The van der Waals surface area contributed by atoms with Gasteiger partial charge in [0.25, 0.3) is 0 Å². The van der Waals surface area contributed by atoms with Gasteiger partial charge in [0.15, 0.2) is 11.2 Å². The van der Waals surface area contributed by atoms with E-state index in [1.165, 1.54) is 12.1 Å². The Morgan fingerprint density at radius 1 is 0.568 bits per heavy atom. The number of aliphatic carboxylic acids is 3. The van der Waals surface area contributed by atoms with Gasteiger partial charge < -0.3 is 20.4 Å². The lowest BCUT2D eigenvalue weighted by atomic mass is 9.51. The highest BCUT2D eigenvalue weighted by molar-refractivity contribution is 6.10. The Balaban J connectivity index is 2.43.